The summed E-state index contributed by atoms with van der Waals surface area (Å²) >= 11 is 7.42. The summed E-state index contributed by atoms with van der Waals surface area (Å²) in [4.78, 5) is 12.1. The topological polar surface area (TPSA) is 29.1 Å². The van der Waals surface area contributed by atoms with Gasteiger partial charge in [-0.1, -0.05) is 23.7 Å². The maximum absolute atomic E-state index is 12.1. The third kappa shape index (κ3) is 2.16. The maximum Gasteiger partial charge on any atom is 0.252 e. The summed E-state index contributed by atoms with van der Waals surface area (Å²) in [5.74, 6) is 0.00343. The number of carbonyl (C=O) groups excluding carboxylic acids is 1. The zero-order valence-corrected chi connectivity index (χ0v) is 11.2. The first-order valence-electron chi connectivity index (χ1n) is 5.80. The maximum atomic E-state index is 12.1. The van der Waals surface area contributed by atoms with Gasteiger partial charge in [0.2, 0.25) is 0 Å². The summed E-state index contributed by atoms with van der Waals surface area (Å²) in [6, 6.07) is 9.56. The highest BCUT2D eigenvalue weighted by Gasteiger charge is 2.45. The van der Waals surface area contributed by atoms with Crippen LogP contribution in [0.15, 0.2) is 41.1 Å². The molecule has 1 amide bonds. The van der Waals surface area contributed by atoms with Gasteiger partial charge in [-0.05, 0) is 42.0 Å². The van der Waals surface area contributed by atoms with Crippen molar-refractivity contribution in [2.24, 2.45) is 0 Å². The average molecular weight is 278 g/mol. The highest BCUT2D eigenvalue weighted by Crippen LogP contribution is 2.45. The lowest BCUT2D eigenvalue weighted by Gasteiger charge is -2.17. The number of nitrogens with one attached hydrogen (secondary N) is 1. The van der Waals surface area contributed by atoms with Crippen LogP contribution in [0.2, 0.25) is 5.02 Å². The Balaban J connectivity index is 1.80. The molecule has 0 spiro atoms. The van der Waals surface area contributed by atoms with Gasteiger partial charge in [-0.3, -0.25) is 4.79 Å². The Kier molecular flexibility index (Phi) is 2.88. The van der Waals surface area contributed by atoms with E-state index >= 15 is 0 Å². The Labute approximate surface area is 115 Å². The molecule has 4 heteroatoms. The van der Waals surface area contributed by atoms with E-state index in [4.69, 9.17) is 11.6 Å². The Hall–Kier alpha value is -1.32. The summed E-state index contributed by atoms with van der Waals surface area (Å²) in [7, 11) is 0. The van der Waals surface area contributed by atoms with Crippen LogP contribution in [0.5, 0.6) is 0 Å². The van der Waals surface area contributed by atoms with Crippen molar-refractivity contribution in [3.8, 4) is 0 Å². The second-order valence-corrected chi connectivity index (χ2v) is 5.77. The van der Waals surface area contributed by atoms with Crippen LogP contribution in [0.25, 0.3) is 0 Å². The summed E-state index contributed by atoms with van der Waals surface area (Å²) in [5, 5.41) is 7.63. The number of halogens is 1. The molecule has 0 bridgehead atoms. The Bertz CT molecular complexity index is 558. The molecule has 1 aliphatic rings. The number of carbonyl (C=O) groups is 1. The van der Waals surface area contributed by atoms with E-state index in [0.717, 1.165) is 29.0 Å². The molecule has 1 aromatic carbocycles. The van der Waals surface area contributed by atoms with Crippen LogP contribution < -0.4 is 5.32 Å². The SMILES string of the molecule is O=C(NC1(c2ccc(Cl)cc2)CC1)c1ccsc1. The molecule has 2 nitrogen and oxygen atoms in total. The lowest BCUT2D eigenvalue weighted by Crippen LogP contribution is -2.34. The minimum atomic E-state index is -0.177. The predicted molar refractivity (Wildman–Crippen MR) is 74.1 cm³/mol. The zero-order valence-electron chi connectivity index (χ0n) is 9.65. The molecule has 1 aliphatic carbocycles. The van der Waals surface area contributed by atoms with E-state index in [9.17, 15) is 4.79 Å². The standard InChI is InChI=1S/C14H12ClNOS/c15-12-3-1-11(2-4-12)14(6-7-14)16-13(17)10-5-8-18-9-10/h1-5,8-9H,6-7H2,(H,16,17). The fraction of sp³-hybridized carbons (Fsp3) is 0.214. The Morgan fingerprint density at radius 3 is 2.50 bits per heavy atom. The number of rotatable bonds is 3. The molecule has 1 aromatic heterocycles. The van der Waals surface area contributed by atoms with Crippen LogP contribution in [0, 0.1) is 0 Å². The summed E-state index contributed by atoms with van der Waals surface area (Å²) in [6.45, 7) is 0. The van der Waals surface area contributed by atoms with Crippen LogP contribution in [0.4, 0.5) is 0 Å². The molecule has 0 saturated heterocycles. The van der Waals surface area contributed by atoms with Crippen molar-refractivity contribution in [3.05, 3.63) is 57.2 Å². The highest BCUT2D eigenvalue weighted by molar-refractivity contribution is 7.08. The number of hydrogen-bond donors (Lipinski definition) is 1. The van der Waals surface area contributed by atoms with Crippen LogP contribution in [0.1, 0.15) is 28.8 Å². The first kappa shape index (κ1) is 11.8. The number of hydrogen-bond acceptors (Lipinski definition) is 2. The van der Waals surface area contributed by atoms with Crippen molar-refractivity contribution < 1.29 is 4.79 Å². The van der Waals surface area contributed by atoms with Crippen LogP contribution in [-0.4, -0.2) is 5.91 Å². The van der Waals surface area contributed by atoms with Crippen molar-refractivity contribution in [1.82, 2.24) is 5.32 Å². The molecule has 92 valence electrons. The van der Waals surface area contributed by atoms with Crippen molar-refractivity contribution in [2.75, 3.05) is 0 Å². The van der Waals surface area contributed by atoms with Gasteiger partial charge < -0.3 is 5.32 Å². The fourth-order valence-electron chi connectivity index (χ4n) is 2.06. The van der Waals surface area contributed by atoms with Gasteiger partial charge in [-0.2, -0.15) is 11.3 Å². The van der Waals surface area contributed by atoms with E-state index in [1.807, 2.05) is 41.1 Å². The molecular formula is C14H12ClNOS. The van der Waals surface area contributed by atoms with Crippen LogP contribution in [-0.2, 0) is 5.54 Å². The predicted octanol–water partition coefficient (Wildman–Crippen LogP) is 3.82. The van der Waals surface area contributed by atoms with Crippen LogP contribution >= 0.6 is 22.9 Å². The normalized spacial score (nSPS) is 16.3. The molecule has 0 unspecified atom stereocenters. The Morgan fingerprint density at radius 1 is 1.22 bits per heavy atom. The van der Waals surface area contributed by atoms with Crippen molar-refractivity contribution in [3.63, 3.8) is 0 Å². The third-order valence-electron chi connectivity index (χ3n) is 3.28. The summed E-state index contributed by atoms with van der Waals surface area (Å²) < 4.78 is 0. The first-order valence-corrected chi connectivity index (χ1v) is 7.12. The molecule has 2 aromatic rings. The first-order chi connectivity index (χ1) is 8.70. The van der Waals surface area contributed by atoms with E-state index in [1.54, 1.807) is 0 Å². The minimum Gasteiger partial charge on any atom is -0.342 e. The van der Waals surface area contributed by atoms with Crippen molar-refractivity contribution >= 4 is 28.8 Å². The molecule has 0 aliphatic heterocycles. The van der Waals surface area contributed by atoms with Gasteiger partial charge in [0.25, 0.3) is 5.91 Å². The third-order valence-corrected chi connectivity index (χ3v) is 4.22. The van der Waals surface area contributed by atoms with Gasteiger partial charge in [0, 0.05) is 10.4 Å². The molecule has 1 N–H and O–H groups in total. The molecule has 1 fully saturated rings. The van der Waals surface area contributed by atoms with Gasteiger partial charge in [0.1, 0.15) is 0 Å². The second-order valence-electron chi connectivity index (χ2n) is 4.56. The molecule has 1 saturated carbocycles. The second kappa shape index (κ2) is 4.41. The Morgan fingerprint density at radius 2 is 1.94 bits per heavy atom. The van der Waals surface area contributed by atoms with E-state index in [0.29, 0.717) is 0 Å². The van der Waals surface area contributed by atoms with Crippen molar-refractivity contribution in [2.45, 2.75) is 18.4 Å². The van der Waals surface area contributed by atoms with E-state index in [1.165, 1.54) is 11.3 Å². The van der Waals surface area contributed by atoms with Crippen molar-refractivity contribution in [1.29, 1.82) is 0 Å². The molecule has 18 heavy (non-hydrogen) atoms. The molecule has 3 rings (SSSR count). The van der Waals surface area contributed by atoms with E-state index in [-0.39, 0.29) is 11.4 Å². The molecule has 0 atom stereocenters. The van der Waals surface area contributed by atoms with Gasteiger partial charge in [0.15, 0.2) is 0 Å². The van der Waals surface area contributed by atoms with Gasteiger partial charge in [-0.25, -0.2) is 0 Å². The molecular weight excluding hydrogens is 266 g/mol. The molecule has 0 radical (unpaired) electrons. The fourth-order valence-corrected chi connectivity index (χ4v) is 2.82. The van der Waals surface area contributed by atoms with E-state index < -0.39 is 0 Å². The monoisotopic (exact) mass is 277 g/mol. The number of benzene rings is 1. The van der Waals surface area contributed by atoms with Crippen LogP contribution in [0.3, 0.4) is 0 Å². The highest BCUT2D eigenvalue weighted by atomic mass is 35.5. The smallest absolute Gasteiger partial charge is 0.252 e. The molecule has 1 heterocycles. The minimum absolute atomic E-state index is 0.00343. The summed E-state index contributed by atoms with van der Waals surface area (Å²) in [6.07, 6.45) is 1.98. The number of amides is 1. The van der Waals surface area contributed by atoms with Gasteiger partial charge in [-0.15, -0.1) is 0 Å². The largest absolute Gasteiger partial charge is 0.342 e. The quantitative estimate of drug-likeness (QED) is 0.908. The number of thiophene rings is 1. The van der Waals surface area contributed by atoms with Gasteiger partial charge >= 0.3 is 0 Å². The van der Waals surface area contributed by atoms with Gasteiger partial charge in [0.05, 0.1) is 11.1 Å². The lowest BCUT2D eigenvalue weighted by molar-refractivity contribution is 0.0931. The zero-order chi connectivity index (χ0) is 12.6. The summed E-state index contributed by atoms with van der Waals surface area (Å²) in [5.41, 5.74) is 1.69. The lowest BCUT2D eigenvalue weighted by atomic mass is 10.0. The van der Waals surface area contributed by atoms with E-state index in [2.05, 4.69) is 5.32 Å². The average Bonchev–Trinajstić information content (AvgIpc) is 2.94.